The summed E-state index contributed by atoms with van der Waals surface area (Å²) in [4.78, 5) is 32.5. The Morgan fingerprint density at radius 2 is 1.84 bits per heavy atom. The maximum absolute atomic E-state index is 11.2. The van der Waals surface area contributed by atoms with Crippen LogP contribution in [0.5, 0.6) is 0 Å². The fourth-order valence-electron chi connectivity index (χ4n) is 1.07. The summed E-state index contributed by atoms with van der Waals surface area (Å²) in [5.41, 5.74) is 0. The van der Waals surface area contributed by atoms with Crippen LogP contribution in [0.3, 0.4) is 0 Å². The van der Waals surface area contributed by atoms with Crippen LogP contribution in [-0.4, -0.2) is 56.5 Å². The Bertz CT molecular complexity index is 295. The van der Waals surface area contributed by atoms with Crippen LogP contribution in [0.1, 0.15) is 19.3 Å². The fraction of sp³-hybridized carbons (Fsp3) is 0.727. The first-order valence-corrected chi connectivity index (χ1v) is 5.92. The van der Waals surface area contributed by atoms with E-state index in [-0.39, 0.29) is 12.8 Å². The Balaban J connectivity index is 3.43. The third-order valence-electron chi connectivity index (χ3n) is 2.00. The largest absolute Gasteiger partial charge is 0.481 e. The average Bonchev–Trinajstić information content (AvgIpc) is 2.35. The number of hydrogen-bond acceptors (Lipinski definition) is 5. The van der Waals surface area contributed by atoms with E-state index in [0.717, 1.165) is 0 Å². The van der Waals surface area contributed by atoms with E-state index in [9.17, 15) is 14.4 Å². The number of carboxylic acid groups (broad SMARTS) is 1. The van der Waals surface area contributed by atoms with E-state index in [2.05, 4.69) is 5.32 Å². The Morgan fingerprint density at radius 1 is 1.11 bits per heavy atom. The van der Waals surface area contributed by atoms with Gasteiger partial charge in [-0.1, -0.05) is 0 Å². The van der Waals surface area contributed by atoms with Crippen molar-refractivity contribution in [3.05, 3.63) is 0 Å². The van der Waals surface area contributed by atoms with E-state index in [1.807, 2.05) is 5.32 Å². The number of rotatable bonds is 10. The van der Waals surface area contributed by atoms with E-state index in [4.69, 9.17) is 14.6 Å². The Kier molecular flexibility index (Phi) is 10.4. The molecule has 0 saturated carbocycles. The van der Waals surface area contributed by atoms with E-state index >= 15 is 0 Å². The van der Waals surface area contributed by atoms with Crippen molar-refractivity contribution < 1.29 is 29.0 Å². The molecule has 3 N–H and O–H groups in total. The number of amides is 3. The van der Waals surface area contributed by atoms with E-state index < -0.39 is 17.9 Å². The number of carbonyl (C=O) groups is 3. The number of hydrogen-bond donors (Lipinski definition) is 3. The Labute approximate surface area is 111 Å². The molecule has 0 aliphatic heterocycles. The molecule has 0 aliphatic carbocycles. The summed E-state index contributed by atoms with van der Waals surface area (Å²) in [6.07, 6.45) is 0.0930. The average molecular weight is 276 g/mol. The molecule has 0 heterocycles. The van der Waals surface area contributed by atoms with E-state index in [1.54, 1.807) is 7.11 Å². The lowest BCUT2D eigenvalue weighted by Crippen LogP contribution is -2.40. The molecule has 8 nitrogen and oxygen atoms in total. The van der Waals surface area contributed by atoms with Crippen molar-refractivity contribution >= 4 is 17.9 Å². The van der Waals surface area contributed by atoms with E-state index in [0.29, 0.717) is 32.8 Å². The highest BCUT2D eigenvalue weighted by molar-refractivity contribution is 5.95. The molecule has 0 fully saturated rings. The van der Waals surface area contributed by atoms with Crippen molar-refractivity contribution in [2.75, 3.05) is 33.5 Å². The lowest BCUT2D eigenvalue weighted by Gasteiger charge is -2.06. The molecule has 19 heavy (non-hydrogen) atoms. The summed E-state index contributed by atoms with van der Waals surface area (Å²) in [6, 6.07) is -0.632. The van der Waals surface area contributed by atoms with E-state index in [1.165, 1.54) is 0 Å². The van der Waals surface area contributed by atoms with Gasteiger partial charge >= 0.3 is 12.0 Å². The molecule has 0 spiro atoms. The highest BCUT2D eigenvalue weighted by atomic mass is 16.5. The highest BCUT2D eigenvalue weighted by Gasteiger charge is 2.08. The summed E-state index contributed by atoms with van der Waals surface area (Å²) in [7, 11) is 1.58. The van der Waals surface area contributed by atoms with Crippen LogP contribution in [0, 0.1) is 0 Å². The number of aliphatic carboxylic acids is 1. The quantitative estimate of drug-likeness (QED) is 0.473. The number of carboxylic acids is 1. The Hall–Kier alpha value is -1.67. The van der Waals surface area contributed by atoms with Gasteiger partial charge in [0.2, 0.25) is 5.91 Å². The van der Waals surface area contributed by atoms with Crippen molar-refractivity contribution in [3.8, 4) is 0 Å². The van der Waals surface area contributed by atoms with Gasteiger partial charge in [-0.05, 0) is 6.42 Å². The number of ether oxygens (including phenoxy) is 2. The minimum Gasteiger partial charge on any atom is -0.481 e. The van der Waals surface area contributed by atoms with Gasteiger partial charge in [-0.15, -0.1) is 0 Å². The molecular weight excluding hydrogens is 256 g/mol. The van der Waals surface area contributed by atoms with Crippen LogP contribution in [0.4, 0.5) is 4.79 Å². The topological polar surface area (TPSA) is 114 Å². The molecule has 0 bridgehead atoms. The minimum atomic E-state index is -1.08. The van der Waals surface area contributed by atoms with Crippen molar-refractivity contribution in [1.82, 2.24) is 10.6 Å². The van der Waals surface area contributed by atoms with Gasteiger partial charge in [0.05, 0.1) is 19.6 Å². The number of nitrogens with one attached hydrogen (secondary N) is 2. The van der Waals surface area contributed by atoms with Crippen molar-refractivity contribution in [1.29, 1.82) is 0 Å². The third-order valence-corrected chi connectivity index (χ3v) is 2.00. The van der Waals surface area contributed by atoms with Gasteiger partial charge in [-0.2, -0.15) is 0 Å². The monoisotopic (exact) mass is 276 g/mol. The van der Waals surface area contributed by atoms with Crippen LogP contribution in [0.15, 0.2) is 0 Å². The van der Waals surface area contributed by atoms with Gasteiger partial charge in [0.15, 0.2) is 0 Å². The van der Waals surface area contributed by atoms with Crippen LogP contribution in [-0.2, 0) is 19.1 Å². The van der Waals surface area contributed by atoms with Crippen molar-refractivity contribution in [3.63, 3.8) is 0 Å². The van der Waals surface area contributed by atoms with Gasteiger partial charge in [0, 0.05) is 26.7 Å². The van der Waals surface area contributed by atoms with Crippen molar-refractivity contribution in [2.45, 2.75) is 19.3 Å². The second-order valence-electron chi connectivity index (χ2n) is 3.66. The number of methoxy groups -OCH3 is 1. The van der Waals surface area contributed by atoms with Gasteiger partial charge in [0.1, 0.15) is 0 Å². The summed E-state index contributed by atoms with van der Waals surface area (Å²) in [6.45, 7) is 1.87. The fourth-order valence-corrected chi connectivity index (χ4v) is 1.07. The number of imide groups is 1. The molecular formula is C11H20N2O6. The SMILES string of the molecule is COCCOCCCNC(=O)NC(=O)CCC(=O)O. The van der Waals surface area contributed by atoms with Crippen LogP contribution in [0.25, 0.3) is 0 Å². The molecule has 110 valence electrons. The zero-order valence-corrected chi connectivity index (χ0v) is 10.9. The first-order chi connectivity index (χ1) is 9.06. The van der Waals surface area contributed by atoms with Gasteiger partial charge in [-0.25, -0.2) is 4.79 Å². The maximum atomic E-state index is 11.2. The zero-order chi connectivity index (χ0) is 14.5. The lowest BCUT2D eigenvalue weighted by atomic mass is 10.3. The molecule has 0 atom stereocenters. The van der Waals surface area contributed by atoms with Crippen LogP contribution in [0.2, 0.25) is 0 Å². The van der Waals surface area contributed by atoms with Gasteiger partial charge in [0.25, 0.3) is 0 Å². The maximum Gasteiger partial charge on any atom is 0.321 e. The summed E-state index contributed by atoms with van der Waals surface area (Å²) < 4.78 is 9.96. The molecule has 0 unspecified atom stereocenters. The predicted octanol–water partition coefficient (Wildman–Crippen LogP) is -0.270. The van der Waals surface area contributed by atoms with Crippen LogP contribution >= 0.6 is 0 Å². The first kappa shape index (κ1) is 17.3. The highest BCUT2D eigenvalue weighted by Crippen LogP contribution is 1.88. The number of carbonyl (C=O) groups excluding carboxylic acids is 2. The smallest absolute Gasteiger partial charge is 0.321 e. The molecule has 8 heteroatoms. The second kappa shape index (κ2) is 11.4. The van der Waals surface area contributed by atoms with Gasteiger partial charge < -0.3 is 19.9 Å². The zero-order valence-electron chi connectivity index (χ0n) is 10.9. The predicted molar refractivity (Wildman–Crippen MR) is 65.7 cm³/mol. The van der Waals surface area contributed by atoms with Gasteiger partial charge in [-0.3, -0.25) is 14.9 Å². The minimum absolute atomic E-state index is 0.219. The third kappa shape index (κ3) is 12.6. The Morgan fingerprint density at radius 3 is 2.47 bits per heavy atom. The normalized spacial score (nSPS) is 9.95. The molecule has 0 rings (SSSR count). The molecule has 0 aromatic carbocycles. The lowest BCUT2D eigenvalue weighted by molar-refractivity contribution is -0.138. The molecule has 0 aromatic rings. The molecule has 0 aromatic heterocycles. The summed E-state index contributed by atoms with van der Waals surface area (Å²) in [5, 5.41) is 12.9. The molecule has 3 amide bonds. The van der Waals surface area contributed by atoms with Crippen molar-refractivity contribution in [2.24, 2.45) is 0 Å². The molecule has 0 radical (unpaired) electrons. The first-order valence-electron chi connectivity index (χ1n) is 5.92. The second-order valence-corrected chi connectivity index (χ2v) is 3.66. The summed E-state index contributed by atoms with van der Waals surface area (Å²) >= 11 is 0. The van der Waals surface area contributed by atoms with Crippen LogP contribution < -0.4 is 10.6 Å². The number of urea groups is 1. The molecule has 0 aliphatic rings. The molecule has 0 saturated heterocycles. The summed E-state index contributed by atoms with van der Waals surface area (Å²) in [5.74, 6) is -1.69. The standard InChI is InChI=1S/C11H20N2O6/c1-18-7-8-19-6-2-5-12-11(17)13-9(14)3-4-10(15)16/h2-8H2,1H3,(H,15,16)(H2,12,13,14,17).